The molecule has 27 heavy (non-hydrogen) atoms. The van der Waals surface area contributed by atoms with Crippen molar-refractivity contribution < 1.29 is 23.4 Å². The first kappa shape index (κ1) is 20.0. The van der Waals surface area contributed by atoms with Gasteiger partial charge in [-0.2, -0.15) is 4.31 Å². The van der Waals surface area contributed by atoms with E-state index in [9.17, 15) is 18.6 Å². The van der Waals surface area contributed by atoms with Gasteiger partial charge in [-0.25, -0.2) is 8.42 Å². The minimum atomic E-state index is -3.72. The number of ether oxygens (including phenoxy) is 1. The van der Waals surface area contributed by atoms with Crippen molar-refractivity contribution in [2.45, 2.75) is 38.3 Å². The fourth-order valence-corrected chi connectivity index (χ4v) is 5.07. The van der Waals surface area contributed by atoms with Crippen molar-refractivity contribution in [2.24, 2.45) is 0 Å². The van der Waals surface area contributed by atoms with Crippen LogP contribution in [0, 0.1) is 6.92 Å². The molecule has 0 amide bonds. The van der Waals surface area contributed by atoms with Gasteiger partial charge >= 0.3 is 0 Å². The average Bonchev–Trinajstić information content (AvgIpc) is 2.63. The van der Waals surface area contributed by atoms with E-state index in [1.165, 1.54) is 4.31 Å². The molecule has 3 atom stereocenters. The first-order valence-electron chi connectivity index (χ1n) is 8.90. The van der Waals surface area contributed by atoms with Crippen molar-refractivity contribution in [2.75, 3.05) is 12.4 Å². The molecule has 0 unspecified atom stereocenters. The van der Waals surface area contributed by atoms with Crippen molar-refractivity contribution in [3.63, 3.8) is 0 Å². The largest absolute Gasteiger partial charge is 0.389 e. The maximum atomic E-state index is 12.7. The Bertz CT molecular complexity index is 856. The number of nitrogens with zero attached hydrogens (tertiary/aromatic N) is 1. The lowest BCUT2D eigenvalue weighted by Crippen LogP contribution is -2.60. The molecule has 6 nitrogen and oxygen atoms in total. The zero-order valence-corrected chi connectivity index (χ0v) is 16.0. The Morgan fingerprint density at radius 3 is 2.48 bits per heavy atom. The van der Waals surface area contributed by atoms with E-state index in [-0.39, 0.29) is 13.2 Å². The van der Waals surface area contributed by atoms with E-state index in [0.29, 0.717) is 6.61 Å². The molecule has 2 aromatic rings. The molecule has 0 radical (unpaired) electrons. The summed E-state index contributed by atoms with van der Waals surface area (Å²) < 4.78 is 32.3. The van der Waals surface area contributed by atoms with Crippen LogP contribution in [0.1, 0.15) is 16.7 Å². The van der Waals surface area contributed by atoms with Crippen LogP contribution < -0.4 is 0 Å². The summed E-state index contributed by atoms with van der Waals surface area (Å²) >= 11 is 0. The molecule has 0 aliphatic carbocycles. The first-order chi connectivity index (χ1) is 12.9. The van der Waals surface area contributed by atoms with Crippen LogP contribution in [0.2, 0.25) is 0 Å². The number of hydrogen-bond donors (Lipinski definition) is 2. The Hall–Kier alpha value is -1.77. The Labute approximate surface area is 160 Å². The van der Waals surface area contributed by atoms with Gasteiger partial charge in [0.05, 0.1) is 37.2 Å². The van der Waals surface area contributed by atoms with E-state index in [4.69, 9.17) is 4.74 Å². The van der Waals surface area contributed by atoms with Gasteiger partial charge in [-0.15, -0.1) is 0 Å². The molecule has 1 fully saturated rings. The number of rotatable bonds is 6. The Balaban J connectivity index is 1.77. The first-order valence-corrected chi connectivity index (χ1v) is 10.5. The van der Waals surface area contributed by atoms with Crippen LogP contribution in [0.25, 0.3) is 0 Å². The lowest BCUT2D eigenvalue weighted by Gasteiger charge is -2.40. The smallest absolute Gasteiger partial charge is 0.217 e. The molecule has 0 spiro atoms. The summed E-state index contributed by atoms with van der Waals surface area (Å²) in [4.78, 5) is 0. The Kier molecular flexibility index (Phi) is 6.29. The lowest BCUT2D eigenvalue weighted by molar-refractivity contribution is -0.0530. The third kappa shape index (κ3) is 4.94. The van der Waals surface area contributed by atoms with E-state index in [1.54, 1.807) is 0 Å². The predicted octanol–water partition coefficient (Wildman–Crippen LogP) is 1.45. The lowest BCUT2D eigenvalue weighted by atomic mass is 10.1. The summed E-state index contributed by atoms with van der Waals surface area (Å²) in [7, 11) is -3.72. The van der Waals surface area contributed by atoms with Crippen LogP contribution in [-0.2, 0) is 27.9 Å². The molecular weight excluding hydrogens is 366 g/mol. The van der Waals surface area contributed by atoms with Gasteiger partial charge in [0.25, 0.3) is 0 Å². The van der Waals surface area contributed by atoms with Crippen molar-refractivity contribution >= 4 is 10.0 Å². The van der Waals surface area contributed by atoms with Gasteiger partial charge in [0.15, 0.2) is 0 Å². The second-order valence-electron chi connectivity index (χ2n) is 6.94. The molecule has 146 valence electrons. The molecule has 0 bridgehead atoms. The molecule has 1 saturated heterocycles. The Morgan fingerprint density at radius 1 is 1.07 bits per heavy atom. The van der Waals surface area contributed by atoms with Gasteiger partial charge < -0.3 is 14.9 Å². The summed E-state index contributed by atoms with van der Waals surface area (Å²) in [6.45, 7) is 2.37. The van der Waals surface area contributed by atoms with Crippen molar-refractivity contribution in [3.8, 4) is 0 Å². The highest BCUT2D eigenvalue weighted by Gasteiger charge is 2.45. The second kappa shape index (κ2) is 8.50. The normalized spacial score (nSPS) is 25.4. The van der Waals surface area contributed by atoms with Crippen LogP contribution in [0.4, 0.5) is 0 Å². The van der Waals surface area contributed by atoms with Crippen LogP contribution >= 0.6 is 0 Å². The number of aliphatic hydroxyl groups excluding tert-OH is 2. The maximum absolute atomic E-state index is 12.7. The molecule has 1 aliphatic rings. The predicted molar refractivity (Wildman–Crippen MR) is 102 cm³/mol. The fraction of sp³-hybridized carbons (Fsp3) is 0.400. The van der Waals surface area contributed by atoms with Gasteiger partial charge in [0.2, 0.25) is 10.0 Å². The number of sulfonamides is 1. The SMILES string of the molecule is Cc1cccc(CN2[C@@H](COCc3ccccc3)[C@H](O)[C@H](O)CS2(=O)=O)c1. The molecule has 0 saturated carbocycles. The van der Waals surface area contributed by atoms with E-state index >= 15 is 0 Å². The van der Waals surface area contributed by atoms with E-state index in [0.717, 1.165) is 16.7 Å². The molecule has 2 aromatic carbocycles. The molecule has 7 heteroatoms. The van der Waals surface area contributed by atoms with Gasteiger partial charge in [-0.1, -0.05) is 60.2 Å². The highest BCUT2D eigenvalue weighted by molar-refractivity contribution is 7.89. The standard InChI is InChI=1S/C20H25NO5S/c1-15-6-5-9-17(10-15)11-21-18(20(23)19(22)14-27(21,24)25)13-26-12-16-7-3-2-4-8-16/h2-10,18-20,22-23H,11-14H2,1H3/t18-,19+,20-/m0/s1. The van der Waals surface area contributed by atoms with Crippen molar-refractivity contribution in [3.05, 3.63) is 71.3 Å². The molecule has 2 N–H and O–H groups in total. The van der Waals surface area contributed by atoms with Crippen LogP contribution in [0.5, 0.6) is 0 Å². The zero-order chi connectivity index (χ0) is 19.4. The number of benzene rings is 2. The summed E-state index contributed by atoms with van der Waals surface area (Å²) in [5, 5.41) is 20.5. The molecule has 1 aliphatic heterocycles. The summed E-state index contributed by atoms with van der Waals surface area (Å²) in [5.74, 6) is -0.491. The van der Waals surface area contributed by atoms with Gasteiger partial charge in [-0.3, -0.25) is 0 Å². The monoisotopic (exact) mass is 391 g/mol. The number of aliphatic hydroxyl groups is 2. The van der Waals surface area contributed by atoms with Crippen molar-refractivity contribution in [1.29, 1.82) is 0 Å². The summed E-state index contributed by atoms with van der Waals surface area (Å²) in [5.41, 5.74) is 2.81. The molecule has 1 heterocycles. The van der Waals surface area contributed by atoms with Crippen LogP contribution in [0.3, 0.4) is 0 Å². The number of aryl methyl sites for hydroxylation is 1. The third-order valence-corrected chi connectivity index (χ3v) is 6.60. The quantitative estimate of drug-likeness (QED) is 0.778. The number of hydrogen-bond acceptors (Lipinski definition) is 5. The minimum Gasteiger partial charge on any atom is -0.389 e. The third-order valence-electron chi connectivity index (χ3n) is 4.72. The summed E-state index contributed by atoms with van der Waals surface area (Å²) in [6, 6.07) is 16.2. The molecular formula is C20H25NO5S. The molecule has 0 aromatic heterocycles. The maximum Gasteiger partial charge on any atom is 0.217 e. The van der Waals surface area contributed by atoms with Crippen LogP contribution in [0.15, 0.2) is 54.6 Å². The van der Waals surface area contributed by atoms with Gasteiger partial charge in [0.1, 0.15) is 0 Å². The van der Waals surface area contributed by atoms with Crippen LogP contribution in [-0.4, -0.2) is 53.5 Å². The van der Waals surface area contributed by atoms with Gasteiger partial charge in [-0.05, 0) is 18.1 Å². The fourth-order valence-electron chi connectivity index (χ4n) is 3.30. The summed E-state index contributed by atoms with van der Waals surface area (Å²) in [6.07, 6.45) is -2.52. The van der Waals surface area contributed by atoms with E-state index in [1.807, 2.05) is 61.5 Å². The molecule has 3 rings (SSSR count). The van der Waals surface area contributed by atoms with Gasteiger partial charge in [0, 0.05) is 6.54 Å². The highest BCUT2D eigenvalue weighted by Crippen LogP contribution is 2.25. The minimum absolute atomic E-state index is 0.00182. The van der Waals surface area contributed by atoms with E-state index < -0.39 is 34.0 Å². The average molecular weight is 391 g/mol. The zero-order valence-electron chi connectivity index (χ0n) is 15.2. The van der Waals surface area contributed by atoms with Crippen molar-refractivity contribution in [1.82, 2.24) is 4.31 Å². The topological polar surface area (TPSA) is 87.1 Å². The van der Waals surface area contributed by atoms with E-state index in [2.05, 4.69) is 0 Å². The Morgan fingerprint density at radius 2 is 1.78 bits per heavy atom. The second-order valence-corrected chi connectivity index (χ2v) is 8.91. The highest BCUT2D eigenvalue weighted by atomic mass is 32.2.